The fraction of sp³-hybridized carbons (Fsp3) is 0.500. The summed E-state index contributed by atoms with van der Waals surface area (Å²) in [4.78, 5) is 12.1. The zero-order valence-electron chi connectivity index (χ0n) is 10.7. The van der Waals surface area contributed by atoms with Crippen molar-refractivity contribution in [2.75, 3.05) is 24.6 Å². The predicted molar refractivity (Wildman–Crippen MR) is 82.8 cm³/mol. The third-order valence-electron chi connectivity index (χ3n) is 3.46. The van der Waals surface area contributed by atoms with Gasteiger partial charge in [-0.05, 0) is 30.7 Å². The van der Waals surface area contributed by atoms with E-state index in [9.17, 15) is 4.79 Å². The quantitative estimate of drug-likeness (QED) is 0.897. The lowest BCUT2D eigenvalue weighted by Gasteiger charge is -2.12. The molecule has 2 N–H and O–H groups in total. The highest BCUT2D eigenvalue weighted by Gasteiger charge is 2.20. The zero-order valence-corrected chi connectivity index (χ0v) is 12.4. The van der Waals surface area contributed by atoms with Crippen LogP contribution in [0.3, 0.4) is 0 Å². The van der Waals surface area contributed by atoms with E-state index in [0.717, 1.165) is 25.1 Å². The smallest absolute Gasteiger partial charge is 0.251 e. The van der Waals surface area contributed by atoms with Gasteiger partial charge in [-0.15, -0.1) is 23.5 Å². The summed E-state index contributed by atoms with van der Waals surface area (Å²) in [5, 5.41) is 6.33. The third-order valence-corrected chi connectivity index (χ3v) is 6.57. The number of nitrogens with one attached hydrogen (secondary N) is 2. The summed E-state index contributed by atoms with van der Waals surface area (Å²) in [6.45, 7) is 1.89. The Kier molecular flexibility index (Phi) is 4.35. The molecule has 1 aromatic carbocycles. The van der Waals surface area contributed by atoms with Gasteiger partial charge in [0.15, 0.2) is 0 Å². The molecule has 0 spiro atoms. The number of benzene rings is 1. The van der Waals surface area contributed by atoms with Crippen LogP contribution in [0.2, 0.25) is 0 Å². The lowest BCUT2D eigenvalue weighted by atomic mass is 10.1. The van der Waals surface area contributed by atoms with Crippen LogP contribution in [0.25, 0.3) is 0 Å². The van der Waals surface area contributed by atoms with Gasteiger partial charge in [0.1, 0.15) is 0 Å². The molecule has 0 bridgehead atoms. The molecule has 1 aromatic rings. The highest BCUT2D eigenvalue weighted by molar-refractivity contribution is 8.19. The van der Waals surface area contributed by atoms with Gasteiger partial charge < -0.3 is 10.6 Å². The van der Waals surface area contributed by atoms with Gasteiger partial charge in [-0.1, -0.05) is 12.1 Å². The standard InChI is InChI=1S/C14H18N2OS2/c17-13(16-12-5-6-15-9-12)10-1-3-11(4-2-10)14-18-7-8-19-14/h1-4,12,14-15H,5-9H2,(H,16,17). The second-order valence-corrected chi connectivity index (χ2v) is 7.58. The average molecular weight is 294 g/mol. The Morgan fingerprint density at radius 1 is 1.21 bits per heavy atom. The molecule has 0 aromatic heterocycles. The van der Waals surface area contributed by atoms with E-state index in [1.165, 1.54) is 17.1 Å². The van der Waals surface area contributed by atoms with Gasteiger partial charge in [-0.25, -0.2) is 0 Å². The molecule has 2 aliphatic rings. The van der Waals surface area contributed by atoms with Gasteiger partial charge in [0, 0.05) is 29.7 Å². The molecule has 2 saturated heterocycles. The maximum atomic E-state index is 12.1. The van der Waals surface area contributed by atoms with Crippen LogP contribution in [0.15, 0.2) is 24.3 Å². The van der Waals surface area contributed by atoms with Gasteiger partial charge in [0.25, 0.3) is 5.91 Å². The second kappa shape index (κ2) is 6.20. The van der Waals surface area contributed by atoms with Gasteiger partial charge >= 0.3 is 0 Å². The zero-order chi connectivity index (χ0) is 13.1. The van der Waals surface area contributed by atoms with Gasteiger partial charge in [-0.3, -0.25) is 4.79 Å². The SMILES string of the molecule is O=C(NC1CCNC1)c1ccc(C2SCCS2)cc1. The lowest BCUT2D eigenvalue weighted by Crippen LogP contribution is -2.36. The van der Waals surface area contributed by atoms with E-state index in [4.69, 9.17) is 0 Å². The minimum atomic E-state index is 0.0481. The van der Waals surface area contributed by atoms with Crippen LogP contribution in [0.4, 0.5) is 0 Å². The maximum absolute atomic E-state index is 12.1. The van der Waals surface area contributed by atoms with Crippen LogP contribution in [0.5, 0.6) is 0 Å². The number of amides is 1. The Morgan fingerprint density at radius 2 is 1.95 bits per heavy atom. The molecule has 1 atom stereocenters. The van der Waals surface area contributed by atoms with Crippen molar-refractivity contribution in [2.24, 2.45) is 0 Å². The van der Waals surface area contributed by atoms with E-state index in [-0.39, 0.29) is 11.9 Å². The van der Waals surface area contributed by atoms with Crippen molar-refractivity contribution >= 4 is 29.4 Å². The normalized spacial score (nSPS) is 23.7. The third kappa shape index (κ3) is 3.27. The molecule has 5 heteroatoms. The van der Waals surface area contributed by atoms with E-state index >= 15 is 0 Å². The van der Waals surface area contributed by atoms with Crippen molar-refractivity contribution in [3.63, 3.8) is 0 Å². The summed E-state index contributed by atoms with van der Waals surface area (Å²) < 4.78 is 0.552. The molecule has 0 aliphatic carbocycles. The van der Waals surface area contributed by atoms with Crippen LogP contribution in [-0.4, -0.2) is 36.5 Å². The fourth-order valence-corrected chi connectivity index (χ4v) is 5.25. The van der Waals surface area contributed by atoms with Gasteiger partial charge in [-0.2, -0.15) is 0 Å². The first-order valence-corrected chi connectivity index (χ1v) is 8.77. The van der Waals surface area contributed by atoms with Gasteiger partial charge in [0.2, 0.25) is 0 Å². The number of hydrogen-bond acceptors (Lipinski definition) is 4. The molecule has 1 unspecified atom stereocenters. The molecule has 2 heterocycles. The highest BCUT2D eigenvalue weighted by atomic mass is 32.2. The summed E-state index contributed by atoms with van der Waals surface area (Å²) in [6, 6.07) is 8.38. The molecule has 0 radical (unpaired) electrons. The molecule has 3 rings (SSSR count). The monoisotopic (exact) mass is 294 g/mol. The molecule has 3 nitrogen and oxygen atoms in total. The minimum absolute atomic E-state index is 0.0481. The molecule has 19 heavy (non-hydrogen) atoms. The highest BCUT2D eigenvalue weighted by Crippen LogP contribution is 2.45. The first-order valence-electron chi connectivity index (χ1n) is 6.68. The van der Waals surface area contributed by atoms with Gasteiger partial charge in [0.05, 0.1) is 4.58 Å². The van der Waals surface area contributed by atoms with E-state index in [2.05, 4.69) is 22.8 Å². The number of thioether (sulfide) groups is 2. The van der Waals surface area contributed by atoms with Crippen molar-refractivity contribution in [1.29, 1.82) is 0 Å². The topological polar surface area (TPSA) is 41.1 Å². The molecule has 2 aliphatic heterocycles. The van der Waals surface area contributed by atoms with Crippen LogP contribution in [0, 0.1) is 0 Å². The van der Waals surface area contributed by atoms with E-state index in [1.54, 1.807) is 0 Å². The molecule has 1 amide bonds. The summed E-state index contributed by atoms with van der Waals surface area (Å²) >= 11 is 3.98. The molecular weight excluding hydrogens is 276 g/mol. The number of carbonyl (C=O) groups is 1. The lowest BCUT2D eigenvalue weighted by molar-refractivity contribution is 0.0940. The fourth-order valence-electron chi connectivity index (χ4n) is 2.39. The maximum Gasteiger partial charge on any atom is 0.251 e. The second-order valence-electron chi connectivity index (χ2n) is 4.86. The Labute approximate surface area is 122 Å². The first-order chi connectivity index (χ1) is 9.33. The Hall–Kier alpha value is -0.650. The Morgan fingerprint density at radius 3 is 2.58 bits per heavy atom. The Bertz CT molecular complexity index is 437. The van der Waals surface area contributed by atoms with Crippen molar-refractivity contribution < 1.29 is 4.79 Å². The molecular formula is C14H18N2OS2. The summed E-state index contributed by atoms with van der Waals surface area (Å²) in [5.41, 5.74) is 2.09. The van der Waals surface area contributed by atoms with Crippen LogP contribution in [-0.2, 0) is 0 Å². The van der Waals surface area contributed by atoms with E-state index < -0.39 is 0 Å². The molecule has 2 fully saturated rings. The summed E-state index contributed by atoms with van der Waals surface area (Å²) in [6.07, 6.45) is 1.03. The minimum Gasteiger partial charge on any atom is -0.348 e. The summed E-state index contributed by atoms with van der Waals surface area (Å²) in [5.74, 6) is 2.50. The van der Waals surface area contributed by atoms with Crippen LogP contribution < -0.4 is 10.6 Å². The van der Waals surface area contributed by atoms with Crippen LogP contribution in [0.1, 0.15) is 26.9 Å². The van der Waals surface area contributed by atoms with Crippen molar-refractivity contribution in [3.8, 4) is 0 Å². The van der Waals surface area contributed by atoms with Crippen molar-refractivity contribution in [2.45, 2.75) is 17.0 Å². The first kappa shape index (κ1) is 13.3. The largest absolute Gasteiger partial charge is 0.348 e. The Balaban J connectivity index is 1.62. The number of carbonyl (C=O) groups excluding carboxylic acids is 1. The molecule has 102 valence electrons. The van der Waals surface area contributed by atoms with E-state index in [0.29, 0.717) is 4.58 Å². The number of rotatable bonds is 3. The number of hydrogen-bond donors (Lipinski definition) is 2. The average Bonchev–Trinajstić information content (AvgIpc) is 3.12. The van der Waals surface area contributed by atoms with Crippen molar-refractivity contribution in [1.82, 2.24) is 10.6 Å². The summed E-state index contributed by atoms with van der Waals surface area (Å²) in [7, 11) is 0. The predicted octanol–water partition coefficient (Wildman–Crippen LogP) is 2.26. The van der Waals surface area contributed by atoms with Crippen LogP contribution >= 0.6 is 23.5 Å². The van der Waals surface area contributed by atoms with Crippen molar-refractivity contribution in [3.05, 3.63) is 35.4 Å². The molecule has 0 saturated carbocycles. The van der Waals surface area contributed by atoms with E-state index in [1.807, 2.05) is 35.7 Å².